The van der Waals surface area contributed by atoms with Gasteiger partial charge in [-0.2, -0.15) is 13.2 Å². The second-order valence-corrected chi connectivity index (χ2v) is 3.06. The normalized spacial score (nSPS) is 11.6. The van der Waals surface area contributed by atoms with E-state index in [2.05, 4.69) is 4.98 Å². The Balaban J connectivity index is 3.29. The highest BCUT2D eigenvalue weighted by Crippen LogP contribution is 2.36. The Morgan fingerprint density at radius 3 is 2.36 bits per heavy atom. The largest absolute Gasteiger partial charge is 0.419 e. The summed E-state index contributed by atoms with van der Waals surface area (Å²) in [6, 6.07) is 0.659. The molecule has 0 atom stereocenters. The van der Waals surface area contributed by atoms with Crippen molar-refractivity contribution < 1.29 is 13.2 Å². The molecule has 0 aliphatic rings. The van der Waals surface area contributed by atoms with Crippen molar-refractivity contribution in [3.05, 3.63) is 21.8 Å². The molecule has 78 valence electrons. The molecule has 0 fully saturated rings. The monoisotopic (exact) mass is 245 g/mol. The number of nitrogen functional groups attached to an aromatic ring is 1. The maximum absolute atomic E-state index is 12.2. The molecule has 0 spiro atoms. The van der Waals surface area contributed by atoms with Gasteiger partial charge in [0.1, 0.15) is 5.15 Å². The van der Waals surface area contributed by atoms with Crippen LogP contribution in [0.4, 0.5) is 19.0 Å². The van der Waals surface area contributed by atoms with E-state index in [1.54, 1.807) is 0 Å². The van der Waals surface area contributed by atoms with Crippen molar-refractivity contribution in [3.63, 3.8) is 0 Å². The molecular formula is C6H4Cl2F3N3. The number of hydrazine groups is 1. The highest BCUT2D eigenvalue weighted by atomic mass is 35.5. The van der Waals surface area contributed by atoms with Crippen LogP contribution in [-0.2, 0) is 6.18 Å². The molecule has 0 unspecified atom stereocenters. The van der Waals surface area contributed by atoms with Crippen LogP contribution < -0.4 is 11.3 Å². The lowest BCUT2D eigenvalue weighted by atomic mass is 10.3. The predicted molar refractivity (Wildman–Crippen MR) is 47.1 cm³/mol. The van der Waals surface area contributed by atoms with E-state index in [9.17, 15) is 13.2 Å². The summed E-state index contributed by atoms with van der Waals surface area (Å²) in [5, 5.41) is -0.945. The van der Waals surface area contributed by atoms with Crippen molar-refractivity contribution in [1.82, 2.24) is 4.98 Å². The molecule has 0 saturated heterocycles. The quantitative estimate of drug-likeness (QED) is 0.455. The Labute approximate surface area is 87.0 Å². The predicted octanol–water partition coefficient (Wildman–Crippen LogP) is 2.69. The van der Waals surface area contributed by atoms with Crippen molar-refractivity contribution in [2.75, 3.05) is 5.43 Å². The summed E-state index contributed by atoms with van der Waals surface area (Å²) in [4.78, 5) is 3.33. The number of nitrogens with zero attached hydrogens (tertiary/aromatic N) is 1. The molecule has 8 heteroatoms. The van der Waals surface area contributed by atoms with E-state index in [1.807, 2.05) is 5.43 Å². The SMILES string of the molecule is NNc1nc(Cl)c(C(F)(F)F)cc1Cl. The van der Waals surface area contributed by atoms with Crippen LogP contribution in [0.2, 0.25) is 10.2 Å². The zero-order valence-electron chi connectivity index (χ0n) is 6.49. The van der Waals surface area contributed by atoms with E-state index in [0.29, 0.717) is 6.07 Å². The van der Waals surface area contributed by atoms with Crippen molar-refractivity contribution >= 4 is 29.0 Å². The molecule has 0 saturated carbocycles. The van der Waals surface area contributed by atoms with Crippen LogP contribution in [0.1, 0.15) is 5.56 Å². The van der Waals surface area contributed by atoms with Gasteiger partial charge in [0.15, 0.2) is 5.82 Å². The third kappa shape index (κ3) is 2.20. The lowest BCUT2D eigenvalue weighted by Gasteiger charge is -2.10. The number of alkyl halides is 3. The van der Waals surface area contributed by atoms with Gasteiger partial charge in [0.25, 0.3) is 0 Å². The average Bonchev–Trinajstić information content (AvgIpc) is 2.06. The van der Waals surface area contributed by atoms with Gasteiger partial charge in [-0.25, -0.2) is 10.8 Å². The lowest BCUT2D eigenvalue weighted by molar-refractivity contribution is -0.137. The highest BCUT2D eigenvalue weighted by molar-refractivity contribution is 6.34. The second-order valence-electron chi connectivity index (χ2n) is 2.30. The van der Waals surface area contributed by atoms with E-state index in [1.165, 1.54) is 0 Å². The third-order valence-corrected chi connectivity index (χ3v) is 1.95. The van der Waals surface area contributed by atoms with Crippen LogP contribution in [-0.4, -0.2) is 4.98 Å². The fourth-order valence-corrected chi connectivity index (χ4v) is 1.22. The van der Waals surface area contributed by atoms with Crippen LogP contribution in [0.15, 0.2) is 6.07 Å². The Morgan fingerprint density at radius 2 is 1.93 bits per heavy atom. The van der Waals surface area contributed by atoms with Crippen LogP contribution in [0.3, 0.4) is 0 Å². The smallest absolute Gasteiger partial charge is 0.307 e. The van der Waals surface area contributed by atoms with E-state index in [0.717, 1.165) is 0 Å². The molecule has 0 aliphatic heterocycles. The maximum atomic E-state index is 12.2. The first-order valence-electron chi connectivity index (χ1n) is 3.26. The molecule has 0 aromatic carbocycles. The fraction of sp³-hybridized carbons (Fsp3) is 0.167. The van der Waals surface area contributed by atoms with Gasteiger partial charge in [-0.3, -0.25) is 0 Å². The highest BCUT2D eigenvalue weighted by Gasteiger charge is 2.34. The van der Waals surface area contributed by atoms with Crippen LogP contribution in [0.25, 0.3) is 0 Å². The number of anilines is 1. The van der Waals surface area contributed by atoms with Crippen molar-refractivity contribution in [2.24, 2.45) is 5.84 Å². The summed E-state index contributed by atoms with van der Waals surface area (Å²) in [6.07, 6.45) is -4.58. The summed E-state index contributed by atoms with van der Waals surface area (Å²) in [6.45, 7) is 0. The average molecular weight is 246 g/mol. The van der Waals surface area contributed by atoms with Crippen LogP contribution in [0.5, 0.6) is 0 Å². The molecular weight excluding hydrogens is 242 g/mol. The second kappa shape index (κ2) is 3.80. The van der Waals surface area contributed by atoms with Crippen molar-refractivity contribution in [2.45, 2.75) is 6.18 Å². The Hall–Kier alpha value is -0.720. The number of aromatic nitrogens is 1. The van der Waals surface area contributed by atoms with Crippen molar-refractivity contribution in [1.29, 1.82) is 0 Å². The van der Waals surface area contributed by atoms with Gasteiger partial charge in [0.05, 0.1) is 10.6 Å². The van der Waals surface area contributed by atoms with Crippen LogP contribution >= 0.6 is 23.2 Å². The van der Waals surface area contributed by atoms with E-state index >= 15 is 0 Å². The van der Waals surface area contributed by atoms with Gasteiger partial charge < -0.3 is 5.43 Å². The minimum atomic E-state index is -4.58. The number of nitrogens with one attached hydrogen (secondary N) is 1. The molecule has 3 N–H and O–H groups in total. The molecule has 0 bridgehead atoms. The first-order chi connectivity index (χ1) is 6.36. The third-order valence-electron chi connectivity index (χ3n) is 1.37. The van der Waals surface area contributed by atoms with Crippen molar-refractivity contribution in [3.8, 4) is 0 Å². The molecule has 1 aromatic heterocycles. The van der Waals surface area contributed by atoms with Crippen LogP contribution in [0, 0.1) is 0 Å². The number of hydrogen-bond donors (Lipinski definition) is 2. The minimum absolute atomic E-state index is 0.107. The maximum Gasteiger partial charge on any atom is 0.419 e. The first-order valence-corrected chi connectivity index (χ1v) is 4.01. The molecule has 0 radical (unpaired) electrons. The summed E-state index contributed by atoms with van der Waals surface area (Å²) in [7, 11) is 0. The summed E-state index contributed by atoms with van der Waals surface area (Å²) in [5.74, 6) is 4.84. The zero-order valence-corrected chi connectivity index (χ0v) is 8.00. The fourth-order valence-electron chi connectivity index (χ4n) is 0.766. The first kappa shape index (κ1) is 11.4. The molecule has 1 rings (SSSR count). The number of hydrogen-bond acceptors (Lipinski definition) is 3. The molecule has 3 nitrogen and oxygen atoms in total. The van der Waals surface area contributed by atoms with Gasteiger partial charge in [-0.05, 0) is 6.07 Å². The Morgan fingerprint density at radius 1 is 1.36 bits per heavy atom. The van der Waals surface area contributed by atoms with Gasteiger partial charge in [0.2, 0.25) is 0 Å². The minimum Gasteiger partial charge on any atom is -0.307 e. The molecule has 1 heterocycles. The molecule has 0 amide bonds. The van der Waals surface area contributed by atoms with E-state index in [4.69, 9.17) is 29.0 Å². The van der Waals surface area contributed by atoms with Gasteiger partial charge in [0, 0.05) is 0 Å². The molecule has 1 aromatic rings. The number of nitrogens with two attached hydrogens (primary N) is 1. The Bertz CT molecular complexity index is 353. The summed E-state index contributed by atoms with van der Waals surface area (Å²) < 4.78 is 36.7. The van der Waals surface area contributed by atoms with Gasteiger partial charge in [-0.1, -0.05) is 23.2 Å². The Kier molecular flexibility index (Phi) is 3.08. The molecule has 0 aliphatic carbocycles. The van der Waals surface area contributed by atoms with E-state index in [-0.39, 0.29) is 10.8 Å². The summed E-state index contributed by atoms with van der Waals surface area (Å²) in [5.41, 5.74) is 0.926. The zero-order chi connectivity index (χ0) is 10.9. The van der Waals surface area contributed by atoms with Gasteiger partial charge in [-0.15, -0.1) is 0 Å². The van der Waals surface area contributed by atoms with E-state index < -0.39 is 16.9 Å². The summed E-state index contributed by atoms with van der Waals surface area (Å²) >= 11 is 10.7. The topological polar surface area (TPSA) is 50.9 Å². The number of rotatable bonds is 1. The lowest BCUT2D eigenvalue weighted by Crippen LogP contribution is -2.12. The standard InChI is InChI=1S/C6H4Cl2F3N3/c7-3-1-2(6(9,10)11)4(8)13-5(3)14-12/h1H,12H2,(H,13,14). The number of halogens is 5. The van der Waals surface area contributed by atoms with Gasteiger partial charge >= 0.3 is 6.18 Å². The number of pyridine rings is 1. The molecule has 14 heavy (non-hydrogen) atoms.